The summed E-state index contributed by atoms with van der Waals surface area (Å²) >= 11 is 0. The molecule has 0 aromatic heterocycles. The molecule has 4 amide bonds. The largest absolute Gasteiger partial charge is 0.416 e. The van der Waals surface area contributed by atoms with Crippen molar-refractivity contribution in [3.8, 4) is 0 Å². The number of barbiturate groups is 1. The van der Waals surface area contributed by atoms with Crippen LogP contribution in [0, 0.1) is 15.5 Å². The van der Waals surface area contributed by atoms with Crippen molar-refractivity contribution in [2.24, 2.45) is 5.41 Å². The summed E-state index contributed by atoms with van der Waals surface area (Å²) in [4.78, 5) is 50.6. The standard InChI is InChI=1S/C21H16F3N3O5/c1-25-17(28)20(18(29)26(2)19(25)30)15(11-6-4-3-5-7-11)16(20)12-8-13(21(22,23)24)10-14(9-12)27(31)32/h3-10,15-16H,1-2H3/t15-,16-/m1/s1. The molecule has 2 aromatic carbocycles. The maximum Gasteiger partial charge on any atom is 0.416 e. The third-order valence-electron chi connectivity index (χ3n) is 6.09. The molecule has 1 aliphatic carbocycles. The molecule has 32 heavy (non-hydrogen) atoms. The van der Waals surface area contributed by atoms with Crippen LogP contribution in [0.25, 0.3) is 0 Å². The van der Waals surface area contributed by atoms with Gasteiger partial charge in [0.1, 0.15) is 5.41 Å². The quantitative estimate of drug-likeness (QED) is 0.407. The average Bonchev–Trinajstić information content (AvgIpc) is 3.46. The highest BCUT2D eigenvalue weighted by atomic mass is 19.4. The van der Waals surface area contributed by atoms with Gasteiger partial charge in [-0.15, -0.1) is 0 Å². The lowest BCUT2D eigenvalue weighted by Crippen LogP contribution is -2.59. The van der Waals surface area contributed by atoms with Gasteiger partial charge in [-0.05, 0) is 17.2 Å². The number of benzene rings is 2. The first-order chi connectivity index (χ1) is 14.9. The number of nitro benzene ring substituents is 1. The van der Waals surface area contributed by atoms with E-state index in [4.69, 9.17) is 0 Å². The van der Waals surface area contributed by atoms with E-state index in [1.165, 1.54) is 14.1 Å². The van der Waals surface area contributed by atoms with Crippen LogP contribution in [-0.4, -0.2) is 46.7 Å². The van der Waals surface area contributed by atoms with Crippen LogP contribution in [0.3, 0.4) is 0 Å². The highest BCUT2D eigenvalue weighted by molar-refractivity contribution is 6.22. The molecule has 2 aliphatic rings. The summed E-state index contributed by atoms with van der Waals surface area (Å²) in [6.45, 7) is 0. The summed E-state index contributed by atoms with van der Waals surface area (Å²) in [6, 6.07) is 9.42. The van der Waals surface area contributed by atoms with Gasteiger partial charge in [0.05, 0.1) is 10.5 Å². The van der Waals surface area contributed by atoms with Crippen molar-refractivity contribution in [3.63, 3.8) is 0 Å². The Morgan fingerprint density at radius 3 is 1.94 bits per heavy atom. The molecule has 0 unspecified atom stereocenters. The van der Waals surface area contributed by atoms with Gasteiger partial charge in [-0.2, -0.15) is 13.2 Å². The van der Waals surface area contributed by atoms with E-state index in [1.54, 1.807) is 30.3 Å². The van der Waals surface area contributed by atoms with Crippen LogP contribution in [0.4, 0.5) is 23.7 Å². The highest BCUT2D eigenvalue weighted by Crippen LogP contribution is 2.72. The van der Waals surface area contributed by atoms with Gasteiger partial charge in [0, 0.05) is 38.1 Å². The summed E-state index contributed by atoms with van der Waals surface area (Å²) in [5.74, 6) is -3.73. The smallest absolute Gasteiger partial charge is 0.273 e. The zero-order valence-electron chi connectivity index (χ0n) is 16.8. The number of non-ortho nitro benzene ring substituents is 1. The van der Waals surface area contributed by atoms with Crippen LogP contribution in [-0.2, 0) is 15.8 Å². The summed E-state index contributed by atoms with van der Waals surface area (Å²) in [6.07, 6.45) is -4.88. The number of alkyl halides is 3. The number of nitrogens with zero attached hydrogens (tertiary/aromatic N) is 3. The van der Waals surface area contributed by atoms with Crippen molar-refractivity contribution in [2.45, 2.75) is 18.0 Å². The predicted molar refractivity (Wildman–Crippen MR) is 103 cm³/mol. The van der Waals surface area contributed by atoms with E-state index < -0.39 is 57.4 Å². The molecule has 1 saturated heterocycles. The van der Waals surface area contributed by atoms with E-state index >= 15 is 0 Å². The number of urea groups is 1. The molecule has 8 nitrogen and oxygen atoms in total. The minimum absolute atomic E-state index is 0.168. The lowest BCUT2D eigenvalue weighted by Gasteiger charge is -2.34. The fourth-order valence-electron chi connectivity index (χ4n) is 4.62. The number of halogens is 3. The number of amides is 4. The Morgan fingerprint density at radius 1 is 0.906 bits per heavy atom. The maximum atomic E-state index is 13.5. The molecular formula is C21H16F3N3O5. The number of imide groups is 2. The van der Waals surface area contributed by atoms with Crippen molar-refractivity contribution in [3.05, 3.63) is 75.3 Å². The van der Waals surface area contributed by atoms with Gasteiger partial charge in [0.15, 0.2) is 0 Å². The van der Waals surface area contributed by atoms with Gasteiger partial charge in [-0.1, -0.05) is 30.3 Å². The second-order valence-corrected chi connectivity index (χ2v) is 7.81. The van der Waals surface area contributed by atoms with Gasteiger partial charge in [-0.25, -0.2) is 4.79 Å². The highest BCUT2D eigenvalue weighted by Gasteiger charge is 2.78. The fraction of sp³-hybridized carbons (Fsp3) is 0.286. The second kappa shape index (κ2) is 6.87. The topological polar surface area (TPSA) is 101 Å². The third kappa shape index (κ3) is 2.88. The molecule has 0 radical (unpaired) electrons. The molecule has 2 fully saturated rings. The first-order valence-electron chi connectivity index (χ1n) is 9.44. The number of rotatable bonds is 3. The molecular weight excluding hydrogens is 431 g/mol. The molecule has 1 saturated carbocycles. The van der Waals surface area contributed by atoms with Crippen molar-refractivity contribution >= 4 is 23.5 Å². The van der Waals surface area contributed by atoms with Gasteiger partial charge < -0.3 is 0 Å². The summed E-state index contributed by atoms with van der Waals surface area (Å²) in [7, 11) is 2.36. The van der Waals surface area contributed by atoms with Crippen LogP contribution in [0.2, 0.25) is 0 Å². The molecule has 166 valence electrons. The van der Waals surface area contributed by atoms with E-state index in [0.29, 0.717) is 11.6 Å². The number of hydrogen-bond donors (Lipinski definition) is 0. The predicted octanol–water partition coefficient (Wildman–Crippen LogP) is 3.53. The molecule has 11 heteroatoms. The van der Waals surface area contributed by atoms with Crippen LogP contribution in [0.15, 0.2) is 48.5 Å². The Labute approximate surface area is 179 Å². The van der Waals surface area contributed by atoms with Crippen LogP contribution >= 0.6 is 0 Å². The first kappa shape index (κ1) is 21.5. The lowest BCUT2D eigenvalue weighted by atomic mass is 9.91. The number of carbonyl (C=O) groups is 3. The van der Waals surface area contributed by atoms with E-state index in [0.717, 1.165) is 21.9 Å². The van der Waals surface area contributed by atoms with Crippen molar-refractivity contribution < 1.29 is 32.5 Å². The minimum atomic E-state index is -4.88. The van der Waals surface area contributed by atoms with Crippen molar-refractivity contribution in [1.29, 1.82) is 0 Å². The van der Waals surface area contributed by atoms with E-state index in [-0.39, 0.29) is 5.56 Å². The summed E-state index contributed by atoms with van der Waals surface area (Å²) < 4.78 is 40.4. The Hall–Kier alpha value is -3.76. The van der Waals surface area contributed by atoms with Crippen LogP contribution in [0.1, 0.15) is 28.5 Å². The lowest BCUT2D eigenvalue weighted by molar-refractivity contribution is -0.385. The molecule has 0 N–H and O–H groups in total. The Kier molecular flexibility index (Phi) is 4.61. The zero-order chi connectivity index (χ0) is 23.6. The molecule has 0 bridgehead atoms. The first-order valence-corrected chi connectivity index (χ1v) is 9.44. The van der Waals surface area contributed by atoms with E-state index in [1.807, 2.05) is 0 Å². The Morgan fingerprint density at radius 2 is 1.44 bits per heavy atom. The fourth-order valence-corrected chi connectivity index (χ4v) is 4.62. The normalized spacial score (nSPS) is 22.5. The van der Waals surface area contributed by atoms with Gasteiger partial charge >= 0.3 is 12.2 Å². The van der Waals surface area contributed by atoms with Gasteiger partial charge in [0.2, 0.25) is 11.8 Å². The van der Waals surface area contributed by atoms with E-state index in [9.17, 15) is 37.7 Å². The minimum Gasteiger partial charge on any atom is -0.273 e. The molecule has 1 heterocycles. The SMILES string of the molecule is CN1C(=O)N(C)C(=O)C2(C1=O)[C@H](c1ccccc1)[C@H]2c1cc([N+](=O)[O-])cc(C(F)(F)F)c1. The van der Waals surface area contributed by atoms with Crippen molar-refractivity contribution in [2.75, 3.05) is 14.1 Å². The molecule has 1 spiro atoms. The zero-order valence-corrected chi connectivity index (χ0v) is 16.8. The molecule has 4 rings (SSSR count). The second-order valence-electron chi connectivity index (χ2n) is 7.81. The molecule has 1 aliphatic heterocycles. The Balaban J connectivity index is 1.96. The maximum absolute atomic E-state index is 13.5. The van der Waals surface area contributed by atoms with Crippen LogP contribution in [0.5, 0.6) is 0 Å². The third-order valence-corrected chi connectivity index (χ3v) is 6.09. The number of carbonyl (C=O) groups excluding carboxylic acids is 3. The van der Waals surface area contributed by atoms with E-state index in [2.05, 4.69) is 0 Å². The van der Waals surface area contributed by atoms with Gasteiger partial charge in [0.25, 0.3) is 5.69 Å². The molecule has 2 aromatic rings. The average molecular weight is 447 g/mol. The summed E-state index contributed by atoms with van der Waals surface area (Å²) in [5.41, 5.74) is -3.62. The van der Waals surface area contributed by atoms with Crippen LogP contribution < -0.4 is 0 Å². The summed E-state index contributed by atoms with van der Waals surface area (Å²) in [5, 5.41) is 11.3. The molecule has 2 atom stereocenters. The Bertz CT molecular complexity index is 1140. The monoisotopic (exact) mass is 447 g/mol. The van der Waals surface area contributed by atoms with Gasteiger partial charge in [-0.3, -0.25) is 29.5 Å². The number of nitro groups is 1. The van der Waals surface area contributed by atoms with Crippen molar-refractivity contribution in [1.82, 2.24) is 9.80 Å². The number of hydrogen-bond acceptors (Lipinski definition) is 5.